The monoisotopic (exact) mass is 418 g/mol. The lowest BCUT2D eigenvalue weighted by atomic mass is 10.1. The highest BCUT2D eigenvalue weighted by Gasteiger charge is 2.12. The summed E-state index contributed by atoms with van der Waals surface area (Å²) in [4.78, 5) is 6.19. The van der Waals surface area contributed by atoms with Gasteiger partial charge in [0.1, 0.15) is 24.7 Å². The normalized spacial score (nSPS) is 12.5. The minimum Gasteiger partial charge on any atom is -0.494 e. The first-order valence-corrected chi connectivity index (χ1v) is 9.13. The highest BCUT2D eigenvalue weighted by molar-refractivity contribution is 7.80. The van der Waals surface area contributed by atoms with Gasteiger partial charge < -0.3 is 14.6 Å². The molecule has 0 unspecified atom stereocenters. The van der Waals surface area contributed by atoms with Gasteiger partial charge in [-0.25, -0.2) is 24.4 Å². The van der Waals surface area contributed by atoms with Crippen LogP contribution in [-0.2, 0) is 14.6 Å². The molecule has 0 amide bonds. The second-order valence-corrected chi connectivity index (χ2v) is 6.10. The second-order valence-electron chi connectivity index (χ2n) is 5.01. The number of nitrogens with zero attached hydrogens (tertiary/aromatic N) is 4. The van der Waals surface area contributed by atoms with Crippen molar-refractivity contribution in [3.8, 4) is 23.6 Å². The molecule has 0 aliphatic rings. The molecular weight excluding hydrogens is 404 g/mol. The molecule has 0 heterocycles. The molecule has 0 aliphatic heterocycles. The van der Waals surface area contributed by atoms with E-state index in [0.717, 1.165) is 0 Å². The summed E-state index contributed by atoms with van der Waals surface area (Å²) in [6.07, 6.45) is 0.261. The van der Waals surface area contributed by atoms with Crippen molar-refractivity contribution in [2.75, 3.05) is 26.4 Å². The Morgan fingerprint density at radius 3 is 1.86 bits per heavy atom. The Hall–Kier alpha value is -3.65. The van der Waals surface area contributed by atoms with Gasteiger partial charge in [-0.1, -0.05) is 0 Å². The van der Waals surface area contributed by atoms with E-state index in [0.29, 0.717) is 0 Å². The third-order valence-corrected chi connectivity index (χ3v) is 3.63. The third-order valence-electron chi connectivity index (χ3n) is 3.16. The zero-order chi connectivity index (χ0) is 21.9. The highest BCUT2D eigenvalue weighted by atomic mass is 32.3. The van der Waals surface area contributed by atoms with Gasteiger partial charge in [-0.3, -0.25) is 4.55 Å². The molecule has 0 saturated carbocycles. The van der Waals surface area contributed by atoms with Crippen molar-refractivity contribution in [3.05, 3.63) is 45.4 Å². The zero-order valence-electron chi connectivity index (χ0n) is 14.8. The SMILES string of the molecule is [C-]#[N+]C(C#N)=c1cc(OCCOS(=O)(=O)O)c(=C(C#N)[N+]#[C-])cc1OCCCO. The maximum atomic E-state index is 10.6. The Bertz CT molecular complexity index is 1120. The Morgan fingerprint density at radius 1 is 1.00 bits per heavy atom. The van der Waals surface area contributed by atoms with Crippen LogP contribution in [0.1, 0.15) is 6.42 Å². The molecule has 0 radical (unpaired) electrons. The van der Waals surface area contributed by atoms with E-state index in [4.69, 9.17) is 32.3 Å². The molecule has 29 heavy (non-hydrogen) atoms. The fourth-order valence-electron chi connectivity index (χ4n) is 2.00. The fraction of sp³-hybridized carbons (Fsp3) is 0.294. The summed E-state index contributed by atoms with van der Waals surface area (Å²) in [6.45, 7) is 13.2. The quantitative estimate of drug-likeness (QED) is 0.313. The van der Waals surface area contributed by atoms with Gasteiger partial charge in [0.15, 0.2) is 0 Å². The van der Waals surface area contributed by atoms with E-state index < -0.39 is 23.6 Å². The van der Waals surface area contributed by atoms with Gasteiger partial charge in [0, 0.05) is 23.5 Å². The number of aliphatic hydroxyl groups is 1. The van der Waals surface area contributed by atoms with Crippen molar-refractivity contribution in [2.45, 2.75) is 6.42 Å². The summed E-state index contributed by atoms with van der Waals surface area (Å²) >= 11 is 0. The summed E-state index contributed by atoms with van der Waals surface area (Å²) in [6, 6.07) is 5.83. The summed E-state index contributed by atoms with van der Waals surface area (Å²) in [5, 5.41) is 27.3. The van der Waals surface area contributed by atoms with Gasteiger partial charge in [-0.15, -0.1) is 0 Å². The lowest BCUT2D eigenvalue weighted by Gasteiger charge is -2.12. The van der Waals surface area contributed by atoms with Crippen LogP contribution in [0.5, 0.6) is 11.5 Å². The summed E-state index contributed by atoms with van der Waals surface area (Å²) in [7, 11) is -4.68. The zero-order valence-corrected chi connectivity index (χ0v) is 15.6. The molecule has 11 nitrogen and oxygen atoms in total. The van der Waals surface area contributed by atoms with Gasteiger partial charge in [0.05, 0.1) is 31.9 Å². The predicted molar refractivity (Wildman–Crippen MR) is 97.1 cm³/mol. The minimum atomic E-state index is -4.68. The molecule has 0 bridgehead atoms. The molecule has 0 aliphatic carbocycles. The van der Waals surface area contributed by atoms with Gasteiger partial charge in [0.2, 0.25) is 0 Å². The molecule has 1 aromatic rings. The minimum absolute atomic E-state index is 0.0145. The van der Waals surface area contributed by atoms with E-state index in [1.807, 2.05) is 0 Å². The van der Waals surface area contributed by atoms with E-state index >= 15 is 0 Å². The number of hydrogen-bond donors (Lipinski definition) is 2. The molecule has 1 rings (SSSR count). The van der Waals surface area contributed by atoms with Crippen LogP contribution >= 0.6 is 0 Å². The maximum Gasteiger partial charge on any atom is 0.397 e. The van der Waals surface area contributed by atoms with Crippen molar-refractivity contribution >= 4 is 21.8 Å². The van der Waals surface area contributed by atoms with Gasteiger partial charge in [-0.05, 0) is 12.1 Å². The van der Waals surface area contributed by atoms with Gasteiger partial charge in [0.25, 0.3) is 11.4 Å². The van der Waals surface area contributed by atoms with Crippen molar-refractivity contribution in [1.29, 1.82) is 10.5 Å². The average molecular weight is 418 g/mol. The number of nitriles is 2. The average Bonchev–Trinajstić information content (AvgIpc) is 2.68. The second kappa shape index (κ2) is 11.3. The number of rotatable bonds is 9. The van der Waals surface area contributed by atoms with Gasteiger partial charge in [-0.2, -0.15) is 8.42 Å². The molecule has 0 atom stereocenters. The van der Waals surface area contributed by atoms with E-state index in [-0.39, 0.29) is 53.0 Å². The van der Waals surface area contributed by atoms with Gasteiger partial charge >= 0.3 is 10.4 Å². The first kappa shape index (κ1) is 23.4. The number of ether oxygens (including phenoxy) is 2. The molecule has 2 N–H and O–H groups in total. The smallest absolute Gasteiger partial charge is 0.397 e. The predicted octanol–water partition coefficient (Wildman–Crippen LogP) is -0.252. The lowest BCUT2D eigenvalue weighted by Crippen LogP contribution is -2.22. The van der Waals surface area contributed by atoms with Crippen LogP contribution < -0.4 is 19.9 Å². The third kappa shape index (κ3) is 7.11. The van der Waals surface area contributed by atoms with Crippen LogP contribution in [0, 0.1) is 35.8 Å². The van der Waals surface area contributed by atoms with Crippen molar-refractivity contribution in [3.63, 3.8) is 0 Å². The molecule has 0 fully saturated rings. The van der Waals surface area contributed by atoms with E-state index in [9.17, 15) is 18.9 Å². The Labute approximate surface area is 166 Å². The van der Waals surface area contributed by atoms with Crippen LogP contribution in [0.4, 0.5) is 0 Å². The summed E-state index contributed by atoms with van der Waals surface area (Å²) in [5.74, 6) is -0.0728. The van der Waals surface area contributed by atoms with Crippen molar-refractivity contribution in [1.82, 2.24) is 0 Å². The molecule has 0 spiro atoms. The Morgan fingerprint density at radius 2 is 1.48 bits per heavy atom. The molecule has 0 saturated heterocycles. The van der Waals surface area contributed by atoms with E-state index in [1.165, 1.54) is 12.1 Å². The molecule has 1 aromatic carbocycles. The van der Waals surface area contributed by atoms with Crippen LogP contribution in [0.15, 0.2) is 12.1 Å². The maximum absolute atomic E-state index is 10.6. The van der Waals surface area contributed by atoms with Crippen LogP contribution in [0.3, 0.4) is 0 Å². The first-order valence-electron chi connectivity index (χ1n) is 7.77. The number of hydrogen-bond acceptors (Lipinski definition) is 8. The molecular formula is C17H14N4O7S. The highest BCUT2D eigenvalue weighted by Crippen LogP contribution is 2.12. The fourth-order valence-corrected chi connectivity index (χ4v) is 2.28. The molecule has 0 aromatic heterocycles. The number of aliphatic hydroxyl groups excluding tert-OH is 1. The van der Waals surface area contributed by atoms with Crippen molar-refractivity contribution in [2.24, 2.45) is 0 Å². The van der Waals surface area contributed by atoms with Crippen LogP contribution in [0.25, 0.3) is 21.1 Å². The van der Waals surface area contributed by atoms with Crippen LogP contribution in [-0.4, -0.2) is 44.5 Å². The van der Waals surface area contributed by atoms with Crippen molar-refractivity contribution < 1.29 is 31.7 Å². The van der Waals surface area contributed by atoms with E-state index in [1.54, 1.807) is 12.1 Å². The topological polar surface area (TPSA) is 159 Å². The summed E-state index contributed by atoms with van der Waals surface area (Å²) < 4.78 is 44.7. The number of benzene rings is 1. The molecule has 12 heteroatoms. The van der Waals surface area contributed by atoms with Crippen LogP contribution in [0.2, 0.25) is 0 Å². The largest absolute Gasteiger partial charge is 0.494 e. The standard InChI is InChI=1S/C17H14N4O7S/c1-20-14(10-18)12-9-17(27-6-7-28-29(23,24)25)13(15(11-19)21-2)8-16(12)26-5-3-4-22/h8-9,22H,3-7H2,(H,23,24,25). The summed E-state index contributed by atoms with van der Waals surface area (Å²) in [5.41, 5.74) is -0.730. The Balaban J connectivity index is 3.60. The Kier molecular flexibility index (Phi) is 9.07. The van der Waals surface area contributed by atoms with E-state index in [2.05, 4.69) is 13.9 Å². The first-order chi connectivity index (χ1) is 13.8. The molecule has 150 valence electrons. The lowest BCUT2D eigenvalue weighted by molar-refractivity contribution is 0.200.